The maximum Gasteiger partial charge on any atom is 0.0693 e. The number of aliphatic hydroxyl groups excluding tert-OH is 1. The van der Waals surface area contributed by atoms with Gasteiger partial charge in [0.15, 0.2) is 0 Å². The first kappa shape index (κ1) is 16.2. The monoisotopic (exact) mass is 284 g/mol. The van der Waals surface area contributed by atoms with Crippen LogP contribution < -0.4 is 5.32 Å². The van der Waals surface area contributed by atoms with E-state index in [1.807, 2.05) is 0 Å². The number of nitrogens with one attached hydrogen (secondary N) is 1. The summed E-state index contributed by atoms with van der Waals surface area (Å²) < 4.78 is 5.56. The van der Waals surface area contributed by atoms with Crippen molar-refractivity contribution in [1.82, 2.24) is 10.2 Å². The van der Waals surface area contributed by atoms with Crippen molar-refractivity contribution in [3.05, 3.63) is 0 Å². The quantitative estimate of drug-likeness (QED) is 0.725. The fourth-order valence-electron chi connectivity index (χ4n) is 3.46. The van der Waals surface area contributed by atoms with Gasteiger partial charge < -0.3 is 20.1 Å². The Morgan fingerprint density at radius 2 is 2.10 bits per heavy atom. The summed E-state index contributed by atoms with van der Waals surface area (Å²) in [7, 11) is 0. The maximum atomic E-state index is 10.1. The van der Waals surface area contributed by atoms with Crippen LogP contribution in [0.15, 0.2) is 0 Å². The molecule has 2 fully saturated rings. The van der Waals surface area contributed by atoms with Gasteiger partial charge in [0.25, 0.3) is 0 Å². The number of nitrogens with zero attached hydrogens (tertiary/aromatic N) is 1. The second-order valence-corrected chi connectivity index (χ2v) is 6.86. The predicted molar refractivity (Wildman–Crippen MR) is 81.9 cm³/mol. The number of hydrogen-bond acceptors (Lipinski definition) is 4. The van der Waals surface area contributed by atoms with Crippen molar-refractivity contribution in [2.45, 2.75) is 45.6 Å². The fourth-order valence-corrected chi connectivity index (χ4v) is 3.46. The zero-order chi connectivity index (χ0) is 14.4. The first-order chi connectivity index (χ1) is 9.65. The van der Waals surface area contributed by atoms with Crippen LogP contribution in [0, 0.1) is 11.3 Å². The van der Waals surface area contributed by atoms with Crippen molar-refractivity contribution in [2.24, 2.45) is 11.3 Å². The van der Waals surface area contributed by atoms with Crippen LogP contribution >= 0.6 is 0 Å². The molecule has 0 aliphatic carbocycles. The van der Waals surface area contributed by atoms with Gasteiger partial charge >= 0.3 is 0 Å². The zero-order valence-electron chi connectivity index (χ0n) is 13.2. The molecule has 0 bridgehead atoms. The van der Waals surface area contributed by atoms with E-state index < -0.39 is 0 Å². The van der Waals surface area contributed by atoms with E-state index in [0.717, 1.165) is 65.2 Å². The van der Waals surface area contributed by atoms with Gasteiger partial charge in [-0.3, -0.25) is 0 Å². The maximum absolute atomic E-state index is 10.1. The van der Waals surface area contributed by atoms with E-state index in [9.17, 15) is 5.11 Å². The smallest absolute Gasteiger partial charge is 0.0693 e. The Balaban J connectivity index is 1.89. The lowest BCUT2D eigenvalue weighted by atomic mass is 9.78. The second-order valence-electron chi connectivity index (χ2n) is 6.86. The first-order valence-corrected chi connectivity index (χ1v) is 8.34. The molecule has 0 saturated carbocycles. The van der Waals surface area contributed by atoms with Gasteiger partial charge in [-0.05, 0) is 50.1 Å². The van der Waals surface area contributed by atoms with Crippen molar-refractivity contribution in [3.8, 4) is 0 Å². The van der Waals surface area contributed by atoms with E-state index in [2.05, 4.69) is 24.1 Å². The van der Waals surface area contributed by atoms with Crippen LogP contribution in [0.5, 0.6) is 0 Å². The summed E-state index contributed by atoms with van der Waals surface area (Å²) in [6.45, 7) is 11.4. The average molecular weight is 284 g/mol. The molecule has 2 N–H and O–H groups in total. The van der Waals surface area contributed by atoms with Crippen molar-refractivity contribution in [2.75, 3.05) is 45.9 Å². The fraction of sp³-hybridized carbons (Fsp3) is 1.00. The molecule has 4 heteroatoms. The molecule has 0 spiro atoms. The summed E-state index contributed by atoms with van der Waals surface area (Å²) in [5.74, 6) is 0.454. The molecule has 2 rings (SSSR count). The van der Waals surface area contributed by atoms with Gasteiger partial charge in [-0.1, -0.05) is 13.8 Å². The minimum atomic E-state index is -0.149. The van der Waals surface area contributed by atoms with Gasteiger partial charge in [0.05, 0.1) is 6.10 Å². The molecular formula is C16H32N2O2. The Kier molecular flexibility index (Phi) is 6.27. The normalized spacial score (nSPS) is 31.4. The van der Waals surface area contributed by atoms with Crippen molar-refractivity contribution in [1.29, 1.82) is 0 Å². The average Bonchev–Trinajstić information content (AvgIpc) is 2.44. The number of β-amino-alcohol motifs (C(OH)–C–C–N with tert-alkyl or cyclic N) is 1. The minimum absolute atomic E-state index is 0.149. The lowest BCUT2D eigenvalue weighted by Crippen LogP contribution is -2.52. The summed E-state index contributed by atoms with van der Waals surface area (Å²) in [4.78, 5) is 2.48. The van der Waals surface area contributed by atoms with Gasteiger partial charge in [0.2, 0.25) is 0 Å². The molecule has 0 radical (unpaired) electrons. The molecule has 118 valence electrons. The third-order valence-electron chi connectivity index (χ3n) is 5.04. The highest BCUT2D eigenvalue weighted by atomic mass is 16.5. The van der Waals surface area contributed by atoms with Gasteiger partial charge in [-0.2, -0.15) is 0 Å². The molecule has 0 aromatic rings. The second kappa shape index (κ2) is 7.74. The van der Waals surface area contributed by atoms with E-state index in [-0.39, 0.29) is 6.10 Å². The molecular weight excluding hydrogens is 252 g/mol. The Morgan fingerprint density at radius 1 is 1.35 bits per heavy atom. The molecule has 2 unspecified atom stereocenters. The zero-order valence-corrected chi connectivity index (χ0v) is 13.2. The number of aliphatic hydroxyl groups is 1. The molecule has 2 heterocycles. The lowest BCUT2D eigenvalue weighted by Gasteiger charge is -2.44. The third kappa shape index (κ3) is 4.42. The third-order valence-corrected chi connectivity index (χ3v) is 5.04. The van der Waals surface area contributed by atoms with E-state index in [1.165, 1.54) is 6.42 Å². The van der Waals surface area contributed by atoms with E-state index >= 15 is 0 Å². The SMILES string of the molecule is CCCNCC1(CN2CCC(C)C(O)C2)CCOCC1. The molecule has 2 aliphatic heterocycles. The van der Waals surface area contributed by atoms with E-state index in [0.29, 0.717) is 11.3 Å². The summed E-state index contributed by atoms with van der Waals surface area (Å²) >= 11 is 0. The van der Waals surface area contributed by atoms with Crippen LogP contribution in [-0.4, -0.2) is 62.0 Å². The number of ether oxygens (including phenoxy) is 1. The Bertz CT molecular complexity index is 280. The van der Waals surface area contributed by atoms with Crippen molar-refractivity contribution < 1.29 is 9.84 Å². The minimum Gasteiger partial charge on any atom is -0.392 e. The van der Waals surface area contributed by atoms with Crippen molar-refractivity contribution >= 4 is 0 Å². The van der Waals surface area contributed by atoms with Gasteiger partial charge in [-0.25, -0.2) is 0 Å². The lowest BCUT2D eigenvalue weighted by molar-refractivity contribution is -0.0306. The summed E-state index contributed by atoms with van der Waals surface area (Å²) in [6, 6.07) is 0. The summed E-state index contributed by atoms with van der Waals surface area (Å²) in [6.07, 6.45) is 4.45. The van der Waals surface area contributed by atoms with Crippen LogP contribution in [-0.2, 0) is 4.74 Å². The highest BCUT2D eigenvalue weighted by molar-refractivity contribution is 4.89. The van der Waals surface area contributed by atoms with E-state index in [1.54, 1.807) is 0 Å². The summed E-state index contributed by atoms with van der Waals surface area (Å²) in [5, 5.41) is 13.7. The van der Waals surface area contributed by atoms with Crippen LogP contribution in [0.3, 0.4) is 0 Å². The molecule has 4 nitrogen and oxygen atoms in total. The molecule has 2 saturated heterocycles. The standard InChI is InChI=1S/C16H32N2O2/c1-3-7-17-12-16(5-9-20-10-6-16)13-18-8-4-14(2)15(19)11-18/h14-15,17,19H,3-13H2,1-2H3. The van der Waals surface area contributed by atoms with Gasteiger partial charge in [0, 0.05) is 32.8 Å². The molecule has 2 aliphatic rings. The van der Waals surface area contributed by atoms with Crippen LogP contribution in [0.1, 0.15) is 39.5 Å². The van der Waals surface area contributed by atoms with E-state index in [4.69, 9.17) is 4.74 Å². The largest absolute Gasteiger partial charge is 0.392 e. The number of rotatable bonds is 6. The molecule has 2 atom stereocenters. The topological polar surface area (TPSA) is 44.7 Å². The highest BCUT2D eigenvalue weighted by Gasteiger charge is 2.36. The number of piperidine rings is 1. The Morgan fingerprint density at radius 3 is 2.75 bits per heavy atom. The Hall–Kier alpha value is -0.160. The molecule has 0 aromatic carbocycles. The number of likely N-dealkylation sites (tertiary alicyclic amines) is 1. The predicted octanol–water partition coefficient (Wildman–Crippen LogP) is 1.49. The van der Waals surface area contributed by atoms with Crippen LogP contribution in [0.25, 0.3) is 0 Å². The first-order valence-electron chi connectivity index (χ1n) is 8.34. The van der Waals surface area contributed by atoms with Crippen molar-refractivity contribution in [3.63, 3.8) is 0 Å². The summed E-state index contributed by atoms with van der Waals surface area (Å²) in [5.41, 5.74) is 0.341. The van der Waals surface area contributed by atoms with Gasteiger partial charge in [-0.15, -0.1) is 0 Å². The molecule has 0 aromatic heterocycles. The van der Waals surface area contributed by atoms with Crippen LogP contribution in [0.4, 0.5) is 0 Å². The van der Waals surface area contributed by atoms with Crippen LogP contribution in [0.2, 0.25) is 0 Å². The van der Waals surface area contributed by atoms with Gasteiger partial charge in [0.1, 0.15) is 0 Å². The molecule has 20 heavy (non-hydrogen) atoms. The highest BCUT2D eigenvalue weighted by Crippen LogP contribution is 2.32. The molecule has 0 amide bonds. The number of hydrogen-bond donors (Lipinski definition) is 2. The Labute approximate surface area is 123 Å².